The maximum absolute atomic E-state index is 11.6. The molecule has 0 saturated carbocycles. The van der Waals surface area contributed by atoms with Crippen molar-refractivity contribution in [3.05, 3.63) is 33.9 Å². The number of amides is 1. The van der Waals surface area contributed by atoms with Gasteiger partial charge in [-0.2, -0.15) is 5.26 Å². The van der Waals surface area contributed by atoms with Crippen LogP contribution in [0.25, 0.3) is 0 Å². The fourth-order valence-electron chi connectivity index (χ4n) is 1.66. The third kappa shape index (κ3) is 5.10. The van der Waals surface area contributed by atoms with E-state index in [4.69, 9.17) is 5.26 Å². The van der Waals surface area contributed by atoms with Crippen LogP contribution in [0.3, 0.4) is 0 Å². The molecule has 0 aromatic heterocycles. The third-order valence-corrected chi connectivity index (χ3v) is 3.01. The van der Waals surface area contributed by atoms with Gasteiger partial charge in [-0.3, -0.25) is 14.9 Å². The molecule has 1 aromatic rings. The van der Waals surface area contributed by atoms with Crippen molar-refractivity contribution < 1.29 is 9.72 Å². The lowest BCUT2D eigenvalue weighted by molar-refractivity contribution is -0.385. The summed E-state index contributed by atoms with van der Waals surface area (Å²) in [5, 5.41) is 25.4. The van der Waals surface area contributed by atoms with Gasteiger partial charge in [-0.1, -0.05) is 6.92 Å². The molecule has 0 aliphatic heterocycles. The van der Waals surface area contributed by atoms with Crippen molar-refractivity contribution in [2.24, 2.45) is 0 Å². The second kappa shape index (κ2) is 7.85. The van der Waals surface area contributed by atoms with Crippen LogP contribution in [0.5, 0.6) is 0 Å². The predicted octanol–water partition coefficient (Wildman–Crippen LogP) is 2.18. The Kier molecular flexibility index (Phi) is 6.14. The Morgan fingerprint density at radius 2 is 2.24 bits per heavy atom. The Morgan fingerprint density at radius 1 is 1.52 bits per heavy atom. The molecule has 0 aliphatic carbocycles. The molecule has 1 atom stereocenters. The lowest BCUT2D eigenvalue weighted by Gasteiger charge is -2.12. The summed E-state index contributed by atoms with van der Waals surface area (Å²) in [4.78, 5) is 21.7. The SMILES string of the molecule is CCC(C)NC(=O)CCNc1ccc([N+](=O)[O-])c(C#N)c1. The number of nitriles is 1. The summed E-state index contributed by atoms with van der Waals surface area (Å²) in [5.74, 6) is -0.0562. The van der Waals surface area contributed by atoms with E-state index < -0.39 is 4.92 Å². The summed E-state index contributed by atoms with van der Waals surface area (Å²) in [6.07, 6.45) is 1.16. The van der Waals surface area contributed by atoms with E-state index in [1.807, 2.05) is 13.8 Å². The predicted molar refractivity (Wildman–Crippen MR) is 78.8 cm³/mol. The van der Waals surface area contributed by atoms with Crippen molar-refractivity contribution in [2.45, 2.75) is 32.7 Å². The van der Waals surface area contributed by atoms with Crippen LogP contribution in [0.4, 0.5) is 11.4 Å². The molecule has 21 heavy (non-hydrogen) atoms. The molecule has 1 unspecified atom stereocenters. The standard InChI is InChI=1S/C14H18N4O3/c1-3-10(2)17-14(19)6-7-16-12-4-5-13(18(20)21)11(8-12)9-15/h4-5,8,10,16H,3,6-7H2,1-2H3,(H,17,19). The number of carbonyl (C=O) groups is 1. The number of nitrogens with one attached hydrogen (secondary N) is 2. The first-order chi connectivity index (χ1) is 9.97. The first-order valence-corrected chi connectivity index (χ1v) is 6.69. The molecule has 7 nitrogen and oxygen atoms in total. The Hall–Kier alpha value is -2.62. The van der Waals surface area contributed by atoms with Crippen molar-refractivity contribution in [3.63, 3.8) is 0 Å². The zero-order chi connectivity index (χ0) is 15.8. The molecule has 0 saturated heterocycles. The van der Waals surface area contributed by atoms with Gasteiger partial charge in [0.05, 0.1) is 4.92 Å². The number of nitro groups is 1. The van der Waals surface area contributed by atoms with Crippen LogP contribution in [-0.2, 0) is 4.79 Å². The van der Waals surface area contributed by atoms with E-state index >= 15 is 0 Å². The zero-order valence-corrected chi connectivity index (χ0v) is 12.0. The van der Waals surface area contributed by atoms with Crippen molar-refractivity contribution in [1.82, 2.24) is 5.32 Å². The molecule has 1 amide bonds. The van der Waals surface area contributed by atoms with Crippen LogP contribution in [0.15, 0.2) is 18.2 Å². The van der Waals surface area contributed by atoms with Crippen LogP contribution in [0.2, 0.25) is 0 Å². The topological polar surface area (TPSA) is 108 Å². The van der Waals surface area contributed by atoms with Gasteiger partial charge in [0, 0.05) is 30.8 Å². The van der Waals surface area contributed by atoms with Crippen LogP contribution >= 0.6 is 0 Å². The number of carbonyl (C=O) groups excluding carboxylic acids is 1. The van der Waals surface area contributed by atoms with Gasteiger partial charge in [-0.25, -0.2) is 0 Å². The van der Waals surface area contributed by atoms with Crippen molar-refractivity contribution in [1.29, 1.82) is 5.26 Å². The number of nitro benzene ring substituents is 1. The lowest BCUT2D eigenvalue weighted by atomic mass is 10.1. The monoisotopic (exact) mass is 290 g/mol. The number of anilines is 1. The third-order valence-electron chi connectivity index (χ3n) is 3.01. The summed E-state index contributed by atoms with van der Waals surface area (Å²) < 4.78 is 0. The van der Waals surface area contributed by atoms with E-state index in [1.165, 1.54) is 18.2 Å². The highest BCUT2D eigenvalue weighted by molar-refractivity contribution is 5.76. The highest BCUT2D eigenvalue weighted by atomic mass is 16.6. The van der Waals surface area contributed by atoms with Crippen LogP contribution in [-0.4, -0.2) is 23.4 Å². The number of benzene rings is 1. The summed E-state index contributed by atoms with van der Waals surface area (Å²) in [7, 11) is 0. The number of rotatable bonds is 7. The van der Waals surface area contributed by atoms with E-state index in [9.17, 15) is 14.9 Å². The quantitative estimate of drug-likeness (QED) is 0.591. The molecule has 0 aliphatic rings. The van der Waals surface area contributed by atoms with Gasteiger partial charge >= 0.3 is 0 Å². The minimum absolute atomic E-state index is 0.00550. The Balaban J connectivity index is 2.55. The molecule has 0 heterocycles. The average Bonchev–Trinajstić information content (AvgIpc) is 2.46. The molecule has 2 N–H and O–H groups in total. The summed E-state index contributed by atoms with van der Waals surface area (Å²) in [5.41, 5.74) is 0.347. The fourth-order valence-corrected chi connectivity index (χ4v) is 1.66. The molecule has 1 rings (SSSR count). The van der Waals surface area contributed by atoms with Crippen LogP contribution in [0, 0.1) is 21.4 Å². The maximum Gasteiger partial charge on any atom is 0.287 e. The van der Waals surface area contributed by atoms with Gasteiger partial charge in [0.2, 0.25) is 5.91 Å². The van der Waals surface area contributed by atoms with E-state index in [0.717, 1.165) is 6.42 Å². The molecule has 112 valence electrons. The first kappa shape index (κ1) is 16.4. The van der Waals surface area contributed by atoms with Crippen molar-refractivity contribution in [2.75, 3.05) is 11.9 Å². The average molecular weight is 290 g/mol. The van der Waals surface area contributed by atoms with Crippen LogP contribution in [0.1, 0.15) is 32.3 Å². The normalized spacial score (nSPS) is 11.3. The smallest absolute Gasteiger partial charge is 0.287 e. The van der Waals surface area contributed by atoms with Gasteiger partial charge in [0.15, 0.2) is 0 Å². The number of hydrogen-bond donors (Lipinski definition) is 2. The summed E-state index contributed by atoms with van der Waals surface area (Å²) in [6.45, 7) is 4.31. The van der Waals surface area contributed by atoms with Gasteiger partial charge < -0.3 is 10.6 Å². The minimum atomic E-state index is -0.595. The highest BCUT2D eigenvalue weighted by Crippen LogP contribution is 2.21. The van der Waals surface area contributed by atoms with Gasteiger partial charge in [0.1, 0.15) is 11.6 Å². The Bertz CT molecular complexity index is 566. The van der Waals surface area contributed by atoms with Gasteiger partial charge in [-0.05, 0) is 25.5 Å². The summed E-state index contributed by atoms with van der Waals surface area (Å²) in [6, 6.07) is 6.13. The molecular weight excluding hydrogens is 272 g/mol. The second-order valence-electron chi connectivity index (χ2n) is 4.65. The second-order valence-corrected chi connectivity index (χ2v) is 4.65. The van der Waals surface area contributed by atoms with E-state index in [-0.39, 0.29) is 23.2 Å². The largest absolute Gasteiger partial charge is 0.384 e. The van der Waals surface area contributed by atoms with Crippen molar-refractivity contribution in [3.8, 4) is 6.07 Å². The molecule has 0 bridgehead atoms. The van der Waals surface area contributed by atoms with Crippen molar-refractivity contribution >= 4 is 17.3 Å². The maximum atomic E-state index is 11.6. The molecule has 0 spiro atoms. The lowest BCUT2D eigenvalue weighted by Crippen LogP contribution is -2.32. The molecule has 0 fully saturated rings. The van der Waals surface area contributed by atoms with Gasteiger partial charge in [0.25, 0.3) is 5.69 Å². The van der Waals surface area contributed by atoms with E-state index in [2.05, 4.69) is 10.6 Å². The molecule has 0 radical (unpaired) electrons. The van der Waals surface area contributed by atoms with Crippen LogP contribution < -0.4 is 10.6 Å². The first-order valence-electron chi connectivity index (χ1n) is 6.69. The highest BCUT2D eigenvalue weighted by Gasteiger charge is 2.13. The Morgan fingerprint density at radius 3 is 2.81 bits per heavy atom. The fraction of sp³-hybridized carbons (Fsp3) is 0.429. The molecule has 1 aromatic carbocycles. The number of nitrogens with zero attached hydrogens (tertiary/aromatic N) is 2. The van der Waals surface area contributed by atoms with E-state index in [1.54, 1.807) is 6.07 Å². The minimum Gasteiger partial charge on any atom is -0.384 e. The molecular formula is C14H18N4O3. The number of hydrogen-bond acceptors (Lipinski definition) is 5. The van der Waals surface area contributed by atoms with E-state index in [0.29, 0.717) is 18.7 Å². The summed E-state index contributed by atoms with van der Waals surface area (Å²) >= 11 is 0. The van der Waals surface area contributed by atoms with Gasteiger partial charge in [-0.15, -0.1) is 0 Å². The molecule has 7 heteroatoms. The Labute approximate surface area is 123 Å². The zero-order valence-electron chi connectivity index (χ0n) is 12.0.